The lowest BCUT2D eigenvalue weighted by atomic mass is 9.87. The van der Waals surface area contributed by atoms with Crippen molar-refractivity contribution in [2.75, 3.05) is 6.54 Å². The molecule has 124 valence electrons. The topological polar surface area (TPSA) is 62.2 Å². The fraction of sp³-hybridized carbons (Fsp3) is 0.556. The first-order valence-electron chi connectivity index (χ1n) is 8.50. The van der Waals surface area contributed by atoms with Crippen LogP contribution in [0.3, 0.4) is 0 Å². The number of aromatic nitrogens is 1. The van der Waals surface area contributed by atoms with Gasteiger partial charge in [-0.3, -0.25) is 4.79 Å². The first-order valence-corrected chi connectivity index (χ1v) is 9.31. The summed E-state index contributed by atoms with van der Waals surface area (Å²) >= 11 is 1.71. The third kappa shape index (κ3) is 4.75. The fourth-order valence-corrected chi connectivity index (χ4v) is 4.23. The van der Waals surface area contributed by atoms with E-state index in [0.717, 1.165) is 49.0 Å². The highest BCUT2D eigenvalue weighted by Gasteiger charge is 2.20. The normalized spacial score (nSPS) is 21.4. The summed E-state index contributed by atoms with van der Waals surface area (Å²) in [6.07, 6.45) is 5.98. The van der Waals surface area contributed by atoms with Crippen LogP contribution in [-0.2, 0) is 11.2 Å². The molecule has 1 saturated carbocycles. The summed E-state index contributed by atoms with van der Waals surface area (Å²) in [5.41, 5.74) is 1.05. The van der Waals surface area contributed by atoms with Crippen molar-refractivity contribution in [1.29, 1.82) is 0 Å². The Balaban J connectivity index is 1.37. The van der Waals surface area contributed by atoms with Gasteiger partial charge in [0.25, 0.3) is 0 Å². The standard InChI is InChI=1S/C18H24N2O2S/c21-14-6-3-5-13(11-14)12-19-17(22)9-4-10-18-20-15-7-1-2-8-16(15)23-18/h1-2,7-8,13-14,21H,3-6,9-12H2,(H,19,22). The van der Waals surface area contributed by atoms with E-state index >= 15 is 0 Å². The molecule has 1 heterocycles. The Bertz CT molecular complexity index is 622. The number of para-hydroxylation sites is 1. The Morgan fingerprint density at radius 3 is 3.04 bits per heavy atom. The van der Waals surface area contributed by atoms with Gasteiger partial charge in [-0.15, -0.1) is 11.3 Å². The van der Waals surface area contributed by atoms with Crippen molar-refractivity contribution in [2.24, 2.45) is 5.92 Å². The van der Waals surface area contributed by atoms with Gasteiger partial charge in [-0.25, -0.2) is 4.98 Å². The minimum atomic E-state index is -0.176. The van der Waals surface area contributed by atoms with E-state index in [-0.39, 0.29) is 12.0 Å². The van der Waals surface area contributed by atoms with E-state index in [4.69, 9.17) is 0 Å². The number of nitrogens with one attached hydrogen (secondary N) is 1. The largest absolute Gasteiger partial charge is 0.393 e. The summed E-state index contributed by atoms with van der Waals surface area (Å²) < 4.78 is 1.21. The van der Waals surface area contributed by atoms with Crippen LogP contribution >= 0.6 is 11.3 Å². The van der Waals surface area contributed by atoms with Crippen molar-refractivity contribution in [3.05, 3.63) is 29.3 Å². The van der Waals surface area contributed by atoms with Gasteiger partial charge in [0.1, 0.15) is 0 Å². The van der Waals surface area contributed by atoms with Gasteiger partial charge in [0.2, 0.25) is 5.91 Å². The molecule has 5 heteroatoms. The number of carbonyl (C=O) groups excluding carboxylic acids is 1. The van der Waals surface area contributed by atoms with Gasteiger partial charge in [0, 0.05) is 13.0 Å². The number of aliphatic hydroxyl groups excluding tert-OH is 1. The number of fused-ring (bicyclic) bond motifs is 1. The minimum absolute atomic E-state index is 0.117. The molecule has 1 amide bonds. The zero-order chi connectivity index (χ0) is 16.1. The van der Waals surface area contributed by atoms with Crippen LogP contribution in [0.15, 0.2) is 24.3 Å². The maximum Gasteiger partial charge on any atom is 0.220 e. The number of aryl methyl sites for hydroxylation is 1. The third-order valence-electron chi connectivity index (χ3n) is 4.48. The molecule has 2 N–H and O–H groups in total. The molecule has 2 aromatic rings. The Morgan fingerprint density at radius 2 is 2.22 bits per heavy atom. The van der Waals surface area contributed by atoms with Crippen LogP contribution in [0.4, 0.5) is 0 Å². The predicted molar refractivity (Wildman–Crippen MR) is 93.5 cm³/mol. The molecule has 1 aromatic carbocycles. The Morgan fingerprint density at radius 1 is 1.35 bits per heavy atom. The number of carbonyl (C=O) groups is 1. The number of amides is 1. The molecule has 1 aromatic heterocycles. The van der Waals surface area contributed by atoms with E-state index in [0.29, 0.717) is 18.9 Å². The number of nitrogens with zero attached hydrogens (tertiary/aromatic N) is 1. The average molecular weight is 332 g/mol. The van der Waals surface area contributed by atoms with Crippen LogP contribution in [-0.4, -0.2) is 28.6 Å². The van der Waals surface area contributed by atoms with Crippen molar-refractivity contribution in [3.8, 4) is 0 Å². The van der Waals surface area contributed by atoms with E-state index < -0.39 is 0 Å². The van der Waals surface area contributed by atoms with E-state index in [1.807, 2.05) is 18.2 Å². The molecule has 0 aliphatic heterocycles. The first-order chi connectivity index (χ1) is 11.2. The zero-order valence-electron chi connectivity index (χ0n) is 13.3. The molecule has 0 radical (unpaired) electrons. The van der Waals surface area contributed by atoms with Gasteiger partial charge in [-0.2, -0.15) is 0 Å². The number of rotatable bonds is 6. The molecule has 0 saturated heterocycles. The Hall–Kier alpha value is -1.46. The van der Waals surface area contributed by atoms with Gasteiger partial charge < -0.3 is 10.4 Å². The first kappa shape index (κ1) is 16.4. The molecule has 3 rings (SSSR count). The molecule has 4 nitrogen and oxygen atoms in total. The van der Waals surface area contributed by atoms with Crippen molar-refractivity contribution in [3.63, 3.8) is 0 Å². The van der Waals surface area contributed by atoms with E-state index in [9.17, 15) is 9.90 Å². The van der Waals surface area contributed by atoms with E-state index in [1.54, 1.807) is 11.3 Å². The van der Waals surface area contributed by atoms with E-state index in [2.05, 4.69) is 16.4 Å². The molecule has 1 aliphatic rings. The quantitative estimate of drug-likeness (QED) is 0.853. The van der Waals surface area contributed by atoms with Crippen LogP contribution < -0.4 is 5.32 Å². The molecule has 0 bridgehead atoms. The smallest absolute Gasteiger partial charge is 0.220 e. The predicted octanol–water partition coefficient (Wildman–Crippen LogP) is 3.29. The lowest BCUT2D eigenvalue weighted by Gasteiger charge is -2.25. The van der Waals surface area contributed by atoms with Gasteiger partial charge in [0.15, 0.2) is 0 Å². The van der Waals surface area contributed by atoms with Gasteiger partial charge in [-0.05, 0) is 50.2 Å². The van der Waals surface area contributed by atoms with Crippen LogP contribution in [0.25, 0.3) is 10.2 Å². The lowest BCUT2D eigenvalue weighted by molar-refractivity contribution is -0.121. The molecule has 2 atom stereocenters. The maximum atomic E-state index is 11.9. The molecule has 2 unspecified atom stereocenters. The molecular formula is C18H24N2O2S. The van der Waals surface area contributed by atoms with Crippen molar-refractivity contribution in [1.82, 2.24) is 10.3 Å². The summed E-state index contributed by atoms with van der Waals surface area (Å²) in [6, 6.07) is 8.14. The highest BCUT2D eigenvalue weighted by atomic mass is 32.1. The third-order valence-corrected chi connectivity index (χ3v) is 5.57. The van der Waals surface area contributed by atoms with Crippen LogP contribution in [0.1, 0.15) is 43.5 Å². The monoisotopic (exact) mass is 332 g/mol. The van der Waals surface area contributed by atoms with Gasteiger partial charge in [0.05, 0.1) is 21.3 Å². The second-order valence-corrected chi connectivity index (χ2v) is 7.53. The minimum Gasteiger partial charge on any atom is -0.393 e. The van der Waals surface area contributed by atoms with Gasteiger partial charge in [-0.1, -0.05) is 18.6 Å². The average Bonchev–Trinajstić information content (AvgIpc) is 2.96. The number of hydrogen-bond donors (Lipinski definition) is 2. The SMILES string of the molecule is O=C(CCCc1nc2ccccc2s1)NCC1CCCC(O)C1. The Labute approximate surface area is 140 Å². The molecule has 1 fully saturated rings. The maximum absolute atomic E-state index is 11.9. The summed E-state index contributed by atoms with van der Waals surface area (Å²) in [6.45, 7) is 0.705. The lowest BCUT2D eigenvalue weighted by Crippen LogP contribution is -2.32. The number of hydrogen-bond acceptors (Lipinski definition) is 4. The highest BCUT2D eigenvalue weighted by molar-refractivity contribution is 7.18. The van der Waals surface area contributed by atoms with Crippen LogP contribution in [0, 0.1) is 5.92 Å². The summed E-state index contributed by atoms with van der Waals surface area (Å²) in [5.74, 6) is 0.554. The van der Waals surface area contributed by atoms with Crippen molar-refractivity contribution in [2.45, 2.75) is 51.0 Å². The summed E-state index contributed by atoms with van der Waals surface area (Å²) in [5, 5.41) is 13.8. The second-order valence-electron chi connectivity index (χ2n) is 6.42. The molecular weight excluding hydrogens is 308 g/mol. The number of aliphatic hydroxyl groups is 1. The number of thiazole rings is 1. The fourth-order valence-electron chi connectivity index (χ4n) is 3.22. The summed E-state index contributed by atoms with van der Waals surface area (Å²) in [4.78, 5) is 16.5. The molecule has 0 spiro atoms. The summed E-state index contributed by atoms with van der Waals surface area (Å²) in [7, 11) is 0. The highest BCUT2D eigenvalue weighted by Crippen LogP contribution is 2.24. The van der Waals surface area contributed by atoms with Crippen LogP contribution in [0.5, 0.6) is 0 Å². The van der Waals surface area contributed by atoms with Crippen LogP contribution in [0.2, 0.25) is 0 Å². The van der Waals surface area contributed by atoms with Crippen molar-refractivity contribution >= 4 is 27.5 Å². The second kappa shape index (κ2) is 7.88. The molecule has 1 aliphatic carbocycles. The van der Waals surface area contributed by atoms with Crippen molar-refractivity contribution < 1.29 is 9.90 Å². The molecule has 23 heavy (non-hydrogen) atoms. The zero-order valence-corrected chi connectivity index (χ0v) is 14.1. The van der Waals surface area contributed by atoms with E-state index in [1.165, 1.54) is 4.70 Å². The number of benzene rings is 1. The van der Waals surface area contributed by atoms with Gasteiger partial charge >= 0.3 is 0 Å². The Kier molecular flexibility index (Phi) is 5.62.